The molecule has 4 nitrogen and oxygen atoms in total. The fraction of sp³-hybridized carbons (Fsp3) is 0.333. The standard InChI is InChI=1S/C12H16N2O2/c1-4-10-5-7-11(8-6-10)9(2)13-14-12(15)16-3/h5-8H,4H2,1-3H3,(H,14,15)/b13-9+. The maximum atomic E-state index is 10.8. The summed E-state index contributed by atoms with van der Waals surface area (Å²) in [5, 5.41) is 3.91. The summed E-state index contributed by atoms with van der Waals surface area (Å²) in [6.07, 6.45) is 0.446. The van der Waals surface area contributed by atoms with Crippen molar-refractivity contribution >= 4 is 11.8 Å². The van der Waals surface area contributed by atoms with Crippen LogP contribution in [0.2, 0.25) is 0 Å². The fourth-order valence-corrected chi connectivity index (χ4v) is 1.22. The normalized spacial score (nSPS) is 11.1. The minimum atomic E-state index is -0.565. The van der Waals surface area contributed by atoms with Gasteiger partial charge in [-0.05, 0) is 24.5 Å². The highest BCUT2D eigenvalue weighted by molar-refractivity contribution is 5.99. The van der Waals surface area contributed by atoms with Crippen molar-refractivity contribution in [2.45, 2.75) is 20.3 Å². The Balaban J connectivity index is 2.71. The second kappa shape index (κ2) is 5.90. The molecule has 1 amide bonds. The van der Waals surface area contributed by atoms with E-state index in [2.05, 4.69) is 22.2 Å². The van der Waals surface area contributed by atoms with Gasteiger partial charge >= 0.3 is 6.09 Å². The molecule has 0 saturated carbocycles. The Labute approximate surface area is 95.3 Å². The van der Waals surface area contributed by atoms with Crippen molar-refractivity contribution in [3.63, 3.8) is 0 Å². The molecule has 0 heterocycles. The quantitative estimate of drug-likeness (QED) is 0.627. The van der Waals surface area contributed by atoms with Crippen LogP contribution in [0.25, 0.3) is 0 Å². The minimum absolute atomic E-state index is 0.565. The predicted octanol–water partition coefficient (Wildman–Crippen LogP) is 2.33. The van der Waals surface area contributed by atoms with Crippen LogP contribution in [0.5, 0.6) is 0 Å². The molecule has 0 aliphatic rings. The number of nitrogens with zero attached hydrogens (tertiary/aromatic N) is 1. The van der Waals surface area contributed by atoms with Crippen molar-refractivity contribution in [2.24, 2.45) is 5.10 Å². The summed E-state index contributed by atoms with van der Waals surface area (Å²) in [5.41, 5.74) is 5.29. The molecular formula is C12H16N2O2. The van der Waals surface area contributed by atoms with E-state index in [1.807, 2.05) is 31.2 Å². The summed E-state index contributed by atoms with van der Waals surface area (Å²) in [6.45, 7) is 3.94. The Bertz CT molecular complexity index is 383. The predicted molar refractivity (Wildman–Crippen MR) is 63.6 cm³/mol. The molecule has 0 aromatic heterocycles. The monoisotopic (exact) mass is 220 g/mol. The molecule has 0 spiro atoms. The molecular weight excluding hydrogens is 204 g/mol. The van der Waals surface area contributed by atoms with E-state index >= 15 is 0 Å². The average Bonchev–Trinajstić information content (AvgIpc) is 2.35. The number of hydrogen-bond acceptors (Lipinski definition) is 3. The van der Waals surface area contributed by atoms with Gasteiger partial charge in [-0.1, -0.05) is 31.2 Å². The topological polar surface area (TPSA) is 50.7 Å². The van der Waals surface area contributed by atoms with E-state index in [1.54, 1.807) is 0 Å². The molecule has 1 N–H and O–H groups in total. The highest BCUT2D eigenvalue weighted by Crippen LogP contribution is 2.05. The average molecular weight is 220 g/mol. The lowest BCUT2D eigenvalue weighted by Crippen LogP contribution is -2.18. The summed E-state index contributed by atoms with van der Waals surface area (Å²) in [5.74, 6) is 0. The van der Waals surface area contributed by atoms with Gasteiger partial charge in [-0.15, -0.1) is 0 Å². The van der Waals surface area contributed by atoms with Crippen molar-refractivity contribution in [1.82, 2.24) is 5.43 Å². The lowest BCUT2D eigenvalue weighted by atomic mass is 10.1. The number of hydrazone groups is 1. The molecule has 1 rings (SSSR count). The molecule has 16 heavy (non-hydrogen) atoms. The van der Waals surface area contributed by atoms with Gasteiger partial charge in [0.05, 0.1) is 12.8 Å². The van der Waals surface area contributed by atoms with Gasteiger partial charge in [0.25, 0.3) is 0 Å². The van der Waals surface area contributed by atoms with Crippen molar-refractivity contribution in [3.05, 3.63) is 35.4 Å². The molecule has 1 aromatic carbocycles. The smallest absolute Gasteiger partial charge is 0.427 e. The largest absolute Gasteiger partial charge is 0.452 e. The molecule has 0 aliphatic carbocycles. The zero-order chi connectivity index (χ0) is 12.0. The molecule has 0 atom stereocenters. The summed E-state index contributed by atoms with van der Waals surface area (Å²) in [7, 11) is 1.30. The van der Waals surface area contributed by atoms with E-state index < -0.39 is 6.09 Å². The van der Waals surface area contributed by atoms with Gasteiger partial charge < -0.3 is 4.74 Å². The molecule has 0 fully saturated rings. The van der Waals surface area contributed by atoms with Crippen LogP contribution in [0.1, 0.15) is 25.0 Å². The van der Waals surface area contributed by atoms with Crippen LogP contribution in [-0.2, 0) is 11.2 Å². The number of carbonyl (C=O) groups is 1. The number of carbonyl (C=O) groups excluding carboxylic acids is 1. The van der Waals surface area contributed by atoms with Gasteiger partial charge in [-0.2, -0.15) is 5.10 Å². The maximum absolute atomic E-state index is 10.8. The first-order valence-corrected chi connectivity index (χ1v) is 5.15. The summed E-state index contributed by atoms with van der Waals surface area (Å²) < 4.78 is 4.42. The molecule has 0 saturated heterocycles. The second-order valence-electron chi connectivity index (χ2n) is 3.35. The van der Waals surface area contributed by atoms with E-state index in [-0.39, 0.29) is 0 Å². The Morgan fingerprint density at radius 3 is 2.50 bits per heavy atom. The van der Waals surface area contributed by atoms with Gasteiger partial charge in [-0.25, -0.2) is 10.2 Å². The third-order valence-electron chi connectivity index (χ3n) is 2.28. The van der Waals surface area contributed by atoms with E-state index in [0.29, 0.717) is 0 Å². The Hall–Kier alpha value is -1.84. The zero-order valence-electron chi connectivity index (χ0n) is 9.78. The van der Waals surface area contributed by atoms with E-state index in [0.717, 1.165) is 17.7 Å². The van der Waals surface area contributed by atoms with Crippen LogP contribution < -0.4 is 5.43 Å². The highest BCUT2D eigenvalue weighted by Gasteiger charge is 1.99. The van der Waals surface area contributed by atoms with Gasteiger partial charge in [0.1, 0.15) is 0 Å². The van der Waals surface area contributed by atoms with Gasteiger partial charge in [-0.3, -0.25) is 0 Å². The van der Waals surface area contributed by atoms with Crippen molar-refractivity contribution < 1.29 is 9.53 Å². The Morgan fingerprint density at radius 2 is 2.00 bits per heavy atom. The van der Waals surface area contributed by atoms with Crippen LogP contribution in [0.3, 0.4) is 0 Å². The molecule has 1 aromatic rings. The first kappa shape index (κ1) is 12.2. The number of ether oxygens (including phenoxy) is 1. The van der Waals surface area contributed by atoms with Gasteiger partial charge in [0.2, 0.25) is 0 Å². The third-order valence-corrected chi connectivity index (χ3v) is 2.28. The number of methoxy groups -OCH3 is 1. The summed E-state index contributed by atoms with van der Waals surface area (Å²) >= 11 is 0. The number of amides is 1. The zero-order valence-corrected chi connectivity index (χ0v) is 9.78. The first-order valence-electron chi connectivity index (χ1n) is 5.15. The molecule has 86 valence electrons. The lowest BCUT2D eigenvalue weighted by Gasteiger charge is -2.03. The number of rotatable bonds is 3. The lowest BCUT2D eigenvalue weighted by molar-refractivity contribution is 0.171. The first-order chi connectivity index (χ1) is 7.67. The Kier molecular flexibility index (Phi) is 4.51. The van der Waals surface area contributed by atoms with Gasteiger partial charge in [0, 0.05) is 0 Å². The molecule has 0 bridgehead atoms. The Morgan fingerprint density at radius 1 is 1.38 bits per heavy atom. The van der Waals surface area contributed by atoms with E-state index in [1.165, 1.54) is 12.7 Å². The minimum Gasteiger partial charge on any atom is -0.452 e. The highest BCUT2D eigenvalue weighted by atomic mass is 16.5. The van der Waals surface area contributed by atoms with Crippen LogP contribution in [0.15, 0.2) is 29.4 Å². The summed E-state index contributed by atoms with van der Waals surface area (Å²) in [4.78, 5) is 10.8. The molecule has 0 unspecified atom stereocenters. The van der Waals surface area contributed by atoms with Crippen molar-refractivity contribution in [3.8, 4) is 0 Å². The number of benzene rings is 1. The van der Waals surface area contributed by atoms with E-state index in [9.17, 15) is 4.79 Å². The van der Waals surface area contributed by atoms with Crippen LogP contribution in [-0.4, -0.2) is 18.9 Å². The van der Waals surface area contributed by atoms with Gasteiger partial charge in [0.15, 0.2) is 0 Å². The van der Waals surface area contributed by atoms with Crippen LogP contribution in [0, 0.1) is 0 Å². The van der Waals surface area contributed by atoms with Crippen LogP contribution in [0.4, 0.5) is 4.79 Å². The van der Waals surface area contributed by atoms with Crippen molar-refractivity contribution in [1.29, 1.82) is 0 Å². The number of aryl methyl sites for hydroxylation is 1. The van der Waals surface area contributed by atoms with E-state index in [4.69, 9.17) is 0 Å². The molecule has 0 radical (unpaired) electrons. The fourth-order valence-electron chi connectivity index (χ4n) is 1.22. The SMILES string of the molecule is CCc1ccc(/C(C)=N/NC(=O)OC)cc1. The molecule has 0 aliphatic heterocycles. The number of nitrogens with one attached hydrogen (secondary N) is 1. The maximum Gasteiger partial charge on any atom is 0.427 e. The van der Waals surface area contributed by atoms with Crippen molar-refractivity contribution in [2.75, 3.05) is 7.11 Å². The summed E-state index contributed by atoms with van der Waals surface area (Å²) in [6, 6.07) is 8.06. The second-order valence-corrected chi connectivity index (χ2v) is 3.35. The molecule has 4 heteroatoms. The number of hydrogen-bond donors (Lipinski definition) is 1. The third kappa shape index (κ3) is 3.38. The van der Waals surface area contributed by atoms with Crippen LogP contribution >= 0.6 is 0 Å².